The van der Waals surface area contributed by atoms with Gasteiger partial charge in [-0.15, -0.1) is 0 Å². The first-order valence-electron chi connectivity index (χ1n) is 7.44. The molecule has 0 saturated heterocycles. The van der Waals surface area contributed by atoms with E-state index in [1.165, 1.54) is 31.3 Å². The van der Waals surface area contributed by atoms with Crippen LogP contribution in [0.3, 0.4) is 0 Å². The number of pyridine rings is 1. The Morgan fingerprint density at radius 2 is 2.00 bits per heavy atom. The van der Waals surface area contributed by atoms with Gasteiger partial charge in [0.2, 0.25) is 5.91 Å². The Bertz CT molecular complexity index is 850. The second-order valence-corrected chi connectivity index (χ2v) is 5.55. The molecule has 0 spiro atoms. The maximum absolute atomic E-state index is 13.7. The summed E-state index contributed by atoms with van der Waals surface area (Å²) in [5, 5.41) is 2.48. The van der Waals surface area contributed by atoms with Crippen molar-refractivity contribution in [3.63, 3.8) is 0 Å². The fourth-order valence-electron chi connectivity index (χ4n) is 2.62. The fraction of sp³-hybridized carbons (Fsp3) is 0.176. The highest BCUT2D eigenvalue weighted by Gasteiger charge is 2.37. The van der Waals surface area contributed by atoms with E-state index in [9.17, 15) is 23.2 Å². The lowest BCUT2D eigenvalue weighted by Gasteiger charge is -2.18. The van der Waals surface area contributed by atoms with Crippen molar-refractivity contribution in [1.29, 1.82) is 0 Å². The Kier molecular flexibility index (Phi) is 4.26. The predicted octanol–water partition coefficient (Wildman–Crippen LogP) is 1.83. The van der Waals surface area contributed by atoms with Crippen molar-refractivity contribution >= 4 is 17.7 Å². The van der Waals surface area contributed by atoms with Crippen LogP contribution in [0, 0.1) is 11.6 Å². The Morgan fingerprint density at radius 3 is 2.68 bits per heavy atom. The molecule has 1 aromatic heterocycles. The maximum atomic E-state index is 13.7. The molecule has 0 radical (unpaired) electrons. The zero-order valence-electron chi connectivity index (χ0n) is 13.1. The van der Waals surface area contributed by atoms with Crippen molar-refractivity contribution in [2.24, 2.45) is 0 Å². The van der Waals surface area contributed by atoms with Gasteiger partial charge in [-0.2, -0.15) is 0 Å². The largest absolute Gasteiger partial charge is 0.348 e. The number of carbonyl (C=O) groups is 3. The summed E-state index contributed by atoms with van der Waals surface area (Å²) in [5.74, 6) is -3.43. The number of benzene rings is 1. The SMILES string of the molecule is C[C@@H](NC(=O)CN1C(=O)c2cccnc2C1=O)c1ccc(F)cc1F. The molecule has 1 aliphatic rings. The lowest BCUT2D eigenvalue weighted by molar-refractivity contribution is -0.122. The van der Waals surface area contributed by atoms with Crippen LogP contribution in [0.15, 0.2) is 36.5 Å². The third-order valence-corrected chi connectivity index (χ3v) is 3.84. The average Bonchev–Trinajstić information content (AvgIpc) is 2.80. The first-order chi connectivity index (χ1) is 11.9. The van der Waals surface area contributed by atoms with Gasteiger partial charge in [-0.3, -0.25) is 24.3 Å². The number of aromatic nitrogens is 1. The van der Waals surface area contributed by atoms with Gasteiger partial charge < -0.3 is 5.32 Å². The van der Waals surface area contributed by atoms with Gasteiger partial charge in [-0.05, 0) is 25.1 Å². The van der Waals surface area contributed by atoms with Crippen molar-refractivity contribution in [2.45, 2.75) is 13.0 Å². The standard InChI is InChI=1S/C17H13F2N3O3/c1-9(11-5-4-10(18)7-13(11)19)21-14(23)8-22-16(24)12-3-2-6-20-15(12)17(22)25/h2-7,9H,8H2,1H3,(H,21,23)/t9-/m1/s1. The average molecular weight is 345 g/mol. The van der Waals surface area contributed by atoms with Gasteiger partial charge in [0.1, 0.15) is 23.9 Å². The normalized spacial score (nSPS) is 14.4. The minimum absolute atomic E-state index is 0.00192. The second-order valence-electron chi connectivity index (χ2n) is 5.55. The summed E-state index contributed by atoms with van der Waals surface area (Å²) < 4.78 is 26.7. The molecule has 1 atom stereocenters. The van der Waals surface area contributed by atoms with Crippen LogP contribution in [0.2, 0.25) is 0 Å². The third-order valence-electron chi connectivity index (χ3n) is 3.84. The van der Waals surface area contributed by atoms with Gasteiger partial charge in [-0.1, -0.05) is 6.07 Å². The fourth-order valence-corrected chi connectivity index (χ4v) is 2.62. The molecular weight excluding hydrogens is 332 g/mol. The lowest BCUT2D eigenvalue weighted by Crippen LogP contribution is -2.41. The van der Waals surface area contributed by atoms with Crippen molar-refractivity contribution in [2.75, 3.05) is 6.54 Å². The lowest BCUT2D eigenvalue weighted by atomic mass is 10.1. The molecule has 1 aromatic carbocycles. The van der Waals surface area contributed by atoms with Crippen LogP contribution in [0.4, 0.5) is 8.78 Å². The van der Waals surface area contributed by atoms with Crippen LogP contribution in [0.25, 0.3) is 0 Å². The highest BCUT2D eigenvalue weighted by atomic mass is 19.1. The molecule has 2 heterocycles. The summed E-state index contributed by atoms with van der Waals surface area (Å²) in [5.41, 5.74) is 0.231. The Labute approximate surface area is 141 Å². The zero-order valence-corrected chi connectivity index (χ0v) is 13.1. The molecule has 128 valence electrons. The number of halogens is 2. The van der Waals surface area contributed by atoms with Gasteiger partial charge in [-0.25, -0.2) is 8.78 Å². The number of rotatable bonds is 4. The molecule has 1 aliphatic heterocycles. The highest BCUT2D eigenvalue weighted by molar-refractivity contribution is 6.21. The highest BCUT2D eigenvalue weighted by Crippen LogP contribution is 2.21. The van der Waals surface area contributed by atoms with Gasteiger partial charge in [0.05, 0.1) is 11.6 Å². The van der Waals surface area contributed by atoms with Crippen molar-refractivity contribution in [3.05, 3.63) is 65.0 Å². The molecule has 1 N–H and O–H groups in total. The molecule has 0 aliphatic carbocycles. The topological polar surface area (TPSA) is 79.4 Å². The van der Waals surface area contributed by atoms with E-state index in [0.29, 0.717) is 6.07 Å². The van der Waals surface area contributed by atoms with E-state index in [2.05, 4.69) is 10.3 Å². The summed E-state index contributed by atoms with van der Waals surface area (Å²) in [7, 11) is 0. The van der Waals surface area contributed by atoms with E-state index >= 15 is 0 Å². The Morgan fingerprint density at radius 1 is 1.24 bits per heavy atom. The molecular formula is C17H13F2N3O3. The van der Waals surface area contributed by atoms with Crippen LogP contribution in [-0.4, -0.2) is 34.2 Å². The summed E-state index contributed by atoms with van der Waals surface area (Å²) >= 11 is 0. The Hall–Kier alpha value is -3.16. The first kappa shape index (κ1) is 16.7. The molecule has 0 saturated carbocycles. The zero-order chi connectivity index (χ0) is 18.1. The summed E-state index contributed by atoms with van der Waals surface area (Å²) in [6.07, 6.45) is 1.38. The molecule has 3 rings (SSSR count). The number of imide groups is 1. The van der Waals surface area contributed by atoms with E-state index in [1.807, 2.05) is 0 Å². The number of fused-ring (bicyclic) bond motifs is 1. The maximum Gasteiger partial charge on any atom is 0.280 e. The van der Waals surface area contributed by atoms with Crippen LogP contribution < -0.4 is 5.32 Å². The molecule has 8 heteroatoms. The van der Waals surface area contributed by atoms with Crippen molar-refractivity contribution < 1.29 is 23.2 Å². The smallest absolute Gasteiger partial charge is 0.280 e. The molecule has 25 heavy (non-hydrogen) atoms. The number of nitrogens with one attached hydrogen (secondary N) is 1. The van der Waals surface area contributed by atoms with Crippen LogP contribution in [0.1, 0.15) is 39.4 Å². The quantitative estimate of drug-likeness (QED) is 0.858. The number of hydrogen-bond acceptors (Lipinski definition) is 4. The number of amides is 3. The third kappa shape index (κ3) is 3.10. The van der Waals surface area contributed by atoms with E-state index < -0.39 is 41.9 Å². The molecule has 0 bridgehead atoms. The minimum Gasteiger partial charge on any atom is -0.348 e. The minimum atomic E-state index is -0.794. The molecule has 0 fully saturated rings. The second kappa shape index (κ2) is 6.39. The van der Waals surface area contributed by atoms with Crippen LogP contribution in [0.5, 0.6) is 0 Å². The predicted molar refractivity (Wildman–Crippen MR) is 82.5 cm³/mol. The van der Waals surface area contributed by atoms with Crippen LogP contribution >= 0.6 is 0 Å². The van der Waals surface area contributed by atoms with Gasteiger partial charge in [0, 0.05) is 17.8 Å². The molecule has 2 aromatic rings. The molecule has 6 nitrogen and oxygen atoms in total. The van der Waals surface area contributed by atoms with E-state index in [0.717, 1.165) is 11.0 Å². The van der Waals surface area contributed by atoms with Crippen molar-refractivity contribution in [1.82, 2.24) is 15.2 Å². The van der Waals surface area contributed by atoms with E-state index in [-0.39, 0.29) is 16.8 Å². The first-order valence-corrected chi connectivity index (χ1v) is 7.44. The Balaban J connectivity index is 1.69. The van der Waals surface area contributed by atoms with Gasteiger partial charge in [0.15, 0.2) is 0 Å². The summed E-state index contributed by atoms with van der Waals surface area (Å²) in [4.78, 5) is 41.1. The number of carbonyl (C=O) groups excluding carboxylic acids is 3. The summed E-state index contributed by atoms with van der Waals surface area (Å²) in [6, 6.07) is 5.23. The molecule has 0 unspecified atom stereocenters. The molecule has 3 amide bonds. The van der Waals surface area contributed by atoms with E-state index in [4.69, 9.17) is 0 Å². The number of nitrogens with zero attached hydrogens (tertiary/aromatic N) is 2. The van der Waals surface area contributed by atoms with Crippen molar-refractivity contribution in [3.8, 4) is 0 Å². The van der Waals surface area contributed by atoms with Gasteiger partial charge >= 0.3 is 0 Å². The summed E-state index contributed by atoms with van der Waals surface area (Å²) in [6.45, 7) is 0.999. The monoisotopic (exact) mass is 345 g/mol. The van der Waals surface area contributed by atoms with E-state index in [1.54, 1.807) is 0 Å². The van der Waals surface area contributed by atoms with Crippen LogP contribution in [-0.2, 0) is 4.79 Å². The number of hydrogen-bond donors (Lipinski definition) is 1. The van der Waals surface area contributed by atoms with Gasteiger partial charge in [0.25, 0.3) is 11.8 Å².